The fourth-order valence-electron chi connectivity index (χ4n) is 3.26. The van der Waals surface area contributed by atoms with Crippen molar-refractivity contribution in [2.24, 2.45) is 0 Å². The summed E-state index contributed by atoms with van der Waals surface area (Å²) in [4.78, 5) is 13.1. The Balaban J connectivity index is 1.88. The van der Waals surface area contributed by atoms with E-state index in [2.05, 4.69) is 21.2 Å². The summed E-state index contributed by atoms with van der Waals surface area (Å²) in [5.41, 5.74) is 2.47. The minimum absolute atomic E-state index is 0.139. The van der Waals surface area contributed by atoms with Crippen molar-refractivity contribution in [3.05, 3.63) is 70.3 Å². The number of carbonyl (C=O) groups excluding carboxylic acids is 1. The highest BCUT2D eigenvalue weighted by Gasteiger charge is 2.27. The van der Waals surface area contributed by atoms with Gasteiger partial charge < -0.3 is 5.32 Å². The van der Waals surface area contributed by atoms with Crippen LogP contribution in [0.4, 0.5) is 5.82 Å². The Morgan fingerprint density at radius 3 is 2.36 bits per heavy atom. The van der Waals surface area contributed by atoms with Gasteiger partial charge in [-0.2, -0.15) is 9.40 Å². The van der Waals surface area contributed by atoms with Gasteiger partial charge in [-0.15, -0.1) is 0 Å². The first-order valence-electron chi connectivity index (χ1n) is 10.6. The Hall–Kier alpha value is -2.49. The molecule has 0 aliphatic rings. The van der Waals surface area contributed by atoms with E-state index in [1.807, 2.05) is 58.0 Å². The first kappa shape index (κ1) is 25.1. The smallest absolute Gasteiger partial charge is 0.243 e. The Morgan fingerprint density at radius 2 is 1.79 bits per heavy atom. The zero-order valence-electron chi connectivity index (χ0n) is 19.5. The molecule has 0 aliphatic carbocycles. The quantitative estimate of drug-likeness (QED) is 0.469. The summed E-state index contributed by atoms with van der Waals surface area (Å²) in [6, 6.07) is 16.0. The number of halogens is 1. The van der Waals surface area contributed by atoms with E-state index in [-0.39, 0.29) is 23.4 Å². The molecule has 0 atom stereocenters. The third kappa shape index (κ3) is 5.90. The molecule has 0 saturated heterocycles. The molecule has 0 aliphatic heterocycles. The molecule has 1 amide bonds. The monoisotopic (exact) mass is 532 g/mol. The molecule has 2 aromatic carbocycles. The number of rotatable bonds is 7. The molecule has 3 aromatic rings. The number of sulfonamides is 1. The number of aryl methyl sites for hydroxylation is 1. The van der Waals surface area contributed by atoms with E-state index >= 15 is 0 Å². The van der Waals surface area contributed by atoms with E-state index in [0.717, 1.165) is 25.7 Å². The van der Waals surface area contributed by atoms with Crippen molar-refractivity contribution >= 4 is 37.7 Å². The fourth-order valence-corrected chi connectivity index (χ4v) is 4.93. The topological polar surface area (TPSA) is 84.3 Å². The number of benzene rings is 2. The Kier molecular flexibility index (Phi) is 7.45. The number of carbonyl (C=O) groups is 1. The van der Waals surface area contributed by atoms with Crippen LogP contribution in [-0.4, -0.2) is 41.5 Å². The molecule has 1 heterocycles. The van der Waals surface area contributed by atoms with Crippen LogP contribution >= 0.6 is 15.9 Å². The standard InChI is InChI=1S/C24H29BrN4O3S/c1-6-28(33(31,32)20-12-10-18(25)11-13-20)16-23(30)26-22-15-21(24(3,4)5)27-29(22)19-9-7-8-17(2)14-19/h7-15H,6,16H2,1-5H3,(H,26,30). The van der Waals surface area contributed by atoms with Gasteiger partial charge in [-0.25, -0.2) is 13.1 Å². The molecule has 9 heteroatoms. The number of anilines is 1. The lowest BCUT2D eigenvalue weighted by atomic mass is 9.92. The molecule has 176 valence electrons. The Bertz CT molecular complexity index is 1250. The van der Waals surface area contributed by atoms with E-state index < -0.39 is 15.9 Å². The molecule has 0 fully saturated rings. The molecule has 0 unspecified atom stereocenters. The van der Waals surface area contributed by atoms with Crippen LogP contribution in [-0.2, 0) is 20.2 Å². The van der Waals surface area contributed by atoms with Crippen LogP contribution in [0.25, 0.3) is 5.69 Å². The first-order chi connectivity index (χ1) is 15.4. The Labute approximate surface area is 204 Å². The maximum atomic E-state index is 13.0. The number of hydrogen-bond acceptors (Lipinski definition) is 4. The molecule has 7 nitrogen and oxygen atoms in total. The molecule has 1 aromatic heterocycles. The first-order valence-corrected chi connectivity index (χ1v) is 12.9. The number of likely N-dealkylation sites (N-methyl/N-ethyl adjacent to an activating group) is 1. The van der Waals surface area contributed by atoms with Crippen LogP contribution < -0.4 is 5.32 Å². The van der Waals surface area contributed by atoms with Crippen molar-refractivity contribution in [2.75, 3.05) is 18.4 Å². The zero-order valence-corrected chi connectivity index (χ0v) is 21.9. The highest BCUT2D eigenvalue weighted by atomic mass is 79.9. The minimum Gasteiger partial charge on any atom is -0.309 e. The van der Waals surface area contributed by atoms with E-state index in [4.69, 9.17) is 5.10 Å². The summed E-state index contributed by atoms with van der Waals surface area (Å²) < 4.78 is 29.7. The summed E-state index contributed by atoms with van der Waals surface area (Å²) in [5.74, 6) is 0.0550. The van der Waals surface area contributed by atoms with Gasteiger partial charge in [0.05, 0.1) is 22.8 Å². The second-order valence-electron chi connectivity index (χ2n) is 8.85. The van der Waals surface area contributed by atoms with Crippen molar-refractivity contribution in [1.29, 1.82) is 0 Å². The zero-order chi connectivity index (χ0) is 24.4. The average molecular weight is 533 g/mol. The number of aromatic nitrogens is 2. The predicted molar refractivity (Wildman–Crippen MR) is 134 cm³/mol. The average Bonchev–Trinajstić information content (AvgIpc) is 3.16. The van der Waals surface area contributed by atoms with Crippen molar-refractivity contribution in [3.63, 3.8) is 0 Å². The van der Waals surface area contributed by atoms with E-state index in [0.29, 0.717) is 5.82 Å². The number of hydrogen-bond donors (Lipinski definition) is 1. The molecule has 0 spiro atoms. The van der Waals surface area contributed by atoms with Crippen LogP contribution in [0.15, 0.2) is 64.0 Å². The molecular formula is C24H29BrN4O3S. The highest BCUT2D eigenvalue weighted by molar-refractivity contribution is 9.10. The molecule has 0 radical (unpaired) electrons. The summed E-state index contributed by atoms with van der Waals surface area (Å²) in [6.45, 7) is 9.69. The summed E-state index contributed by atoms with van der Waals surface area (Å²) in [6.07, 6.45) is 0. The van der Waals surface area contributed by atoms with Gasteiger partial charge in [-0.05, 0) is 48.9 Å². The van der Waals surface area contributed by atoms with Gasteiger partial charge >= 0.3 is 0 Å². The normalized spacial score (nSPS) is 12.2. The van der Waals surface area contributed by atoms with Gasteiger partial charge in [-0.3, -0.25) is 4.79 Å². The van der Waals surface area contributed by atoms with Crippen molar-refractivity contribution in [2.45, 2.75) is 44.9 Å². The summed E-state index contributed by atoms with van der Waals surface area (Å²) in [7, 11) is -3.81. The maximum Gasteiger partial charge on any atom is 0.243 e. The van der Waals surface area contributed by atoms with Gasteiger partial charge in [0.2, 0.25) is 15.9 Å². The van der Waals surface area contributed by atoms with Gasteiger partial charge in [0.15, 0.2) is 0 Å². The van der Waals surface area contributed by atoms with Crippen LogP contribution in [0.1, 0.15) is 39.0 Å². The third-order valence-corrected chi connectivity index (χ3v) is 7.58. The number of nitrogens with zero attached hydrogens (tertiary/aromatic N) is 3. The molecule has 0 bridgehead atoms. The molecular weight excluding hydrogens is 504 g/mol. The summed E-state index contributed by atoms with van der Waals surface area (Å²) in [5, 5.41) is 7.58. The van der Waals surface area contributed by atoms with Crippen LogP contribution in [0.2, 0.25) is 0 Å². The molecule has 0 saturated carbocycles. The van der Waals surface area contributed by atoms with Gasteiger partial charge in [0.25, 0.3) is 0 Å². The second kappa shape index (κ2) is 9.79. The number of amides is 1. The Morgan fingerprint density at radius 1 is 1.12 bits per heavy atom. The maximum absolute atomic E-state index is 13.0. The predicted octanol–water partition coefficient (Wildman–Crippen LogP) is 4.89. The highest BCUT2D eigenvalue weighted by Crippen LogP contribution is 2.27. The van der Waals surface area contributed by atoms with E-state index in [1.165, 1.54) is 12.1 Å². The largest absolute Gasteiger partial charge is 0.309 e. The lowest BCUT2D eigenvalue weighted by Crippen LogP contribution is -2.38. The lowest BCUT2D eigenvalue weighted by Gasteiger charge is -2.20. The second-order valence-corrected chi connectivity index (χ2v) is 11.7. The van der Waals surface area contributed by atoms with Gasteiger partial charge in [0, 0.05) is 22.5 Å². The number of nitrogens with one attached hydrogen (secondary N) is 1. The van der Waals surface area contributed by atoms with Crippen molar-refractivity contribution < 1.29 is 13.2 Å². The van der Waals surface area contributed by atoms with Gasteiger partial charge in [-0.1, -0.05) is 55.8 Å². The fraction of sp³-hybridized carbons (Fsp3) is 0.333. The molecule has 3 rings (SSSR count). The van der Waals surface area contributed by atoms with Crippen LogP contribution in [0, 0.1) is 6.92 Å². The molecule has 1 N–H and O–H groups in total. The minimum atomic E-state index is -3.81. The van der Waals surface area contributed by atoms with E-state index in [9.17, 15) is 13.2 Å². The summed E-state index contributed by atoms with van der Waals surface area (Å²) >= 11 is 3.31. The van der Waals surface area contributed by atoms with Gasteiger partial charge in [0.1, 0.15) is 5.82 Å². The third-order valence-electron chi connectivity index (χ3n) is 5.12. The van der Waals surface area contributed by atoms with Crippen molar-refractivity contribution in [3.8, 4) is 5.69 Å². The molecule has 33 heavy (non-hydrogen) atoms. The van der Waals surface area contributed by atoms with Crippen LogP contribution in [0.5, 0.6) is 0 Å². The lowest BCUT2D eigenvalue weighted by molar-refractivity contribution is -0.116. The van der Waals surface area contributed by atoms with Crippen molar-refractivity contribution in [1.82, 2.24) is 14.1 Å². The van der Waals surface area contributed by atoms with E-state index in [1.54, 1.807) is 23.7 Å². The SMILES string of the molecule is CCN(CC(=O)Nc1cc(C(C)(C)C)nn1-c1cccc(C)c1)S(=O)(=O)c1ccc(Br)cc1. The van der Waals surface area contributed by atoms with Crippen LogP contribution in [0.3, 0.4) is 0 Å².